The molecular weight excluding hydrogens is 158 g/mol. The Morgan fingerprint density at radius 3 is 2.83 bits per heavy atom. The quantitative estimate of drug-likeness (QED) is 0.436. The van der Waals surface area contributed by atoms with Gasteiger partial charge >= 0.3 is 5.97 Å². The second-order valence-corrected chi connectivity index (χ2v) is 3.17. The first kappa shape index (κ1) is 9.19. The van der Waals surface area contributed by atoms with Crippen LogP contribution in [0, 0.1) is 5.41 Å². The smallest absolute Gasteiger partial charge is 0.319 e. The number of ether oxygens (including phenoxy) is 1. The largest absolute Gasteiger partial charge is 0.468 e. The molecule has 68 valence electrons. The molecule has 0 radical (unpaired) electrons. The van der Waals surface area contributed by atoms with Crippen LogP contribution in [0.1, 0.15) is 13.3 Å². The highest BCUT2D eigenvalue weighted by Crippen LogP contribution is 2.25. The Labute approximate surface area is 71.3 Å². The van der Waals surface area contributed by atoms with Crippen molar-refractivity contribution in [1.82, 2.24) is 5.32 Å². The van der Waals surface area contributed by atoms with Gasteiger partial charge in [0.25, 0.3) is 0 Å². The summed E-state index contributed by atoms with van der Waals surface area (Å²) in [6.45, 7) is 2.60. The van der Waals surface area contributed by atoms with E-state index in [4.69, 9.17) is 0 Å². The van der Waals surface area contributed by atoms with Crippen LogP contribution >= 0.6 is 0 Å². The first-order chi connectivity index (χ1) is 5.61. The molecule has 1 atom stereocenters. The third-order valence-corrected chi connectivity index (χ3v) is 2.34. The van der Waals surface area contributed by atoms with Crippen LogP contribution in [0.15, 0.2) is 0 Å². The lowest BCUT2D eigenvalue weighted by Gasteiger charge is -2.29. The van der Waals surface area contributed by atoms with Gasteiger partial charge in [-0.05, 0) is 19.9 Å². The standard InChI is InChI=1S/C8H13NO3/c1-8(7(11)12-2)3-4-9-5-6(8)10/h9H,3-5H2,1-2H3. The second-order valence-electron chi connectivity index (χ2n) is 3.17. The van der Waals surface area contributed by atoms with Gasteiger partial charge in [0.1, 0.15) is 5.41 Å². The van der Waals surface area contributed by atoms with Gasteiger partial charge in [0.05, 0.1) is 13.7 Å². The van der Waals surface area contributed by atoms with Gasteiger partial charge in [-0.1, -0.05) is 0 Å². The molecular formula is C8H13NO3. The van der Waals surface area contributed by atoms with Gasteiger partial charge in [0, 0.05) is 0 Å². The summed E-state index contributed by atoms with van der Waals surface area (Å²) in [6.07, 6.45) is 0.526. The average Bonchev–Trinajstić information content (AvgIpc) is 2.09. The zero-order chi connectivity index (χ0) is 9.19. The van der Waals surface area contributed by atoms with Crippen molar-refractivity contribution in [2.75, 3.05) is 20.2 Å². The number of piperidine rings is 1. The van der Waals surface area contributed by atoms with Gasteiger partial charge in [-0.3, -0.25) is 9.59 Å². The molecule has 4 heteroatoms. The summed E-state index contributed by atoms with van der Waals surface area (Å²) in [4.78, 5) is 22.6. The summed E-state index contributed by atoms with van der Waals surface area (Å²) >= 11 is 0. The fraction of sp³-hybridized carbons (Fsp3) is 0.750. The Morgan fingerprint density at radius 1 is 1.67 bits per heavy atom. The lowest BCUT2D eigenvalue weighted by atomic mass is 9.80. The van der Waals surface area contributed by atoms with E-state index in [1.807, 2.05) is 0 Å². The highest BCUT2D eigenvalue weighted by molar-refractivity contribution is 6.04. The third-order valence-electron chi connectivity index (χ3n) is 2.34. The minimum Gasteiger partial charge on any atom is -0.468 e. The maximum absolute atomic E-state index is 11.4. The minimum atomic E-state index is -0.917. The summed E-state index contributed by atoms with van der Waals surface area (Å²) in [7, 11) is 1.31. The highest BCUT2D eigenvalue weighted by atomic mass is 16.5. The molecule has 0 bridgehead atoms. The SMILES string of the molecule is COC(=O)C1(C)CCNCC1=O. The molecule has 12 heavy (non-hydrogen) atoms. The first-order valence-corrected chi connectivity index (χ1v) is 3.93. The van der Waals surface area contributed by atoms with Crippen LogP contribution in [-0.4, -0.2) is 32.0 Å². The molecule has 0 aromatic carbocycles. The summed E-state index contributed by atoms with van der Waals surface area (Å²) < 4.78 is 4.58. The maximum atomic E-state index is 11.4. The van der Waals surface area contributed by atoms with Crippen LogP contribution < -0.4 is 5.32 Å². The van der Waals surface area contributed by atoms with Crippen LogP contribution in [0.2, 0.25) is 0 Å². The molecule has 0 aromatic rings. The number of hydrogen-bond acceptors (Lipinski definition) is 4. The van der Waals surface area contributed by atoms with E-state index in [2.05, 4.69) is 10.1 Å². The van der Waals surface area contributed by atoms with E-state index in [1.165, 1.54) is 7.11 Å². The number of nitrogens with one attached hydrogen (secondary N) is 1. The number of esters is 1. The number of methoxy groups -OCH3 is 1. The monoisotopic (exact) mass is 171 g/mol. The van der Waals surface area contributed by atoms with Crippen molar-refractivity contribution in [3.63, 3.8) is 0 Å². The zero-order valence-electron chi connectivity index (χ0n) is 7.35. The number of carbonyl (C=O) groups excluding carboxylic acids is 2. The van der Waals surface area contributed by atoms with Crippen LogP contribution in [0.5, 0.6) is 0 Å². The lowest BCUT2D eigenvalue weighted by Crippen LogP contribution is -2.49. The predicted molar refractivity (Wildman–Crippen MR) is 42.6 cm³/mol. The van der Waals surface area contributed by atoms with Gasteiger partial charge in [-0.25, -0.2) is 0 Å². The van der Waals surface area contributed by atoms with Crippen LogP contribution in [0.3, 0.4) is 0 Å². The van der Waals surface area contributed by atoms with Gasteiger partial charge in [-0.2, -0.15) is 0 Å². The van der Waals surface area contributed by atoms with E-state index in [9.17, 15) is 9.59 Å². The maximum Gasteiger partial charge on any atom is 0.319 e. The number of ketones is 1. The first-order valence-electron chi connectivity index (χ1n) is 3.93. The van der Waals surface area contributed by atoms with E-state index < -0.39 is 11.4 Å². The van der Waals surface area contributed by atoms with Crippen molar-refractivity contribution in [1.29, 1.82) is 0 Å². The van der Waals surface area contributed by atoms with Crippen molar-refractivity contribution in [3.8, 4) is 0 Å². The Kier molecular flexibility index (Phi) is 2.47. The van der Waals surface area contributed by atoms with Crippen LogP contribution in [-0.2, 0) is 14.3 Å². The number of Topliss-reactive ketones (excluding diaryl/α,β-unsaturated/α-hetero) is 1. The van der Waals surface area contributed by atoms with E-state index in [-0.39, 0.29) is 12.3 Å². The van der Waals surface area contributed by atoms with Crippen molar-refractivity contribution in [3.05, 3.63) is 0 Å². The summed E-state index contributed by atoms with van der Waals surface area (Å²) in [5.74, 6) is -0.505. The van der Waals surface area contributed by atoms with Crippen molar-refractivity contribution < 1.29 is 14.3 Å². The van der Waals surface area contributed by atoms with Crippen LogP contribution in [0.4, 0.5) is 0 Å². The van der Waals surface area contributed by atoms with Gasteiger partial charge in [0.15, 0.2) is 5.78 Å². The molecule has 1 N–H and O–H groups in total. The molecule has 1 rings (SSSR count). The number of hydrogen-bond donors (Lipinski definition) is 1. The van der Waals surface area contributed by atoms with Crippen molar-refractivity contribution in [2.45, 2.75) is 13.3 Å². The Bertz CT molecular complexity index is 204. The predicted octanol–water partition coefficient (Wildman–Crippen LogP) is -0.272. The molecule has 0 saturated carbocycles. The molecule has 1 unspecified atom stereocenters. The van der Waals surface area contributed by atoms with Crippen LogP contribution in [0.25, 0.3) is 0 Å². The minimum absolute atomic E-state index is 0.0828. The van der Waals surface area contributed by atoms with E-state index >= 15 is 0 Å². The van der Waals surface area contributed by atoms with Gasteiger partial charge < -0.3 is 10.1 Å². The lowest BCUT2D eigenvalue weighted by molar-refractivity contribution is -0.158. The Hall–Kier alpha value is -0.900. The van der Waals surface area contributed by atoms with E-state index in [0.29, 0.717) is 13.0 Å². The normalized spacial score (nSPS) is 30.0. The molecule has 1 aliphatic heterocycles. The van der Waals surface area contributed by atoms with Crippen molar-refractivity contribution >= 4 is 11.8 Å². The summed E-state index contributed by atoms with van der Waals surface area (Å²) in [5.41, 5.74) is -0.917. The average molecular weight is 171 g/mol. The fourth-order valence-electron chi connectivity index (χ4n) is 1.32. The Balaban J connectivity index is 2.79. The second kappa shape index (κ2) is 3.23. The fourth-order valence-corrected chi connectivity index (χ4v) is 1.32. The number of rotatable bonds is 1. The highest BCUT2D eigenvalue weighted by Gasteiger charge is 2.43. The molecule has 4 nitrogen and oxygen atoms in total. The molecule has 1 aliphatic rings. The molecule has 1 fully saturated rings. The van der Waals surface area contributed by atoms with Crippen molar-refractivity contribution in [2.24, 2.45) is 5.41 Å². The molecule has 0 amide bonds. The van der Waals surface area contributed by atoms with E-state index in [0.717, 1.165) is 0 Å². The summed E-state index contributed by atoms with van der Waals surface area (Å²) in [6, 6.07) is 0. The third kappa shape index (κ3) is 1.34. The molecule has 0 spiro atoms. The number of carbonyl (C=O) groups is 2. The Morgan fingerprint density at radius 2 is 2.33 bits per heavy atom. The van der Waals surface area contributed by atoms with Gasteiger partial charge in [-0.15, -0.1) is 0 Å². The molecule has 1 heterocycles. The molecule has 0 aliphatic carbocycles. The van der Waals surface area contributed by atoms with E-state index in [1.54, 1.807) is 6.92 Å². The van der Waals surface area contributed by atoms with Gasteiger partial charge in [0.2, 0.25) is 0 Å². The summed E-state index contributed by atoms with van der Waals surface area (Å²) in [5, 5.41) is 2.91. The topological polar surface area (TPSA) is 55.4 Å². The zero-order valence-corrected chi connectivity index (χ0v) is 7.35. The molecule has 1 saturated heterocycles. The molecule has 0 aromatic heterocycles.